The highest BCUT2D eigenvalue weighted by Crippen LogP contribution is 2.20. The predicted molar refractivity (Wildman–Crippen MR) is 108 cm³/mol. The van der Waals surface area contributed by atoms with Crippen LogP contribution in [-0.4, -0.2) is 50.0 Å². The lowest BCUT2D eigenvalue weighted by molar-refractivity contribution is -0.117. The highest BCUT2D eigenvalue weighted by atomic mass is 35.5. The molecule has 1 fully saturated rings. The quantitative estimate of drug-likeness (QED) is 0.698. The van der Waals surface area contributed by atoms with E-state index in [1.807, 2.05) is 4.90 Å². The van der Waals surface area contributed by atoms with Crippen LogP contribution in [0.2, 0.25) is 5.02 Å². The van der Waals surface area contributed by atoms with Gasteiger partial charge in [-0.05, 0) is 54.5 Å². The molecule has 1 aliphatic heterocycles. The number of amides is 2. The Labute approximate surface area is 172 Å². The summed E-state index contributed by atoms with van der Waals surface area (Å²) in [5.41, 5.74) is 1.71. The van der Waals surface area contributed by atoms with E-state index in [1.54, 1.807) is 48.5 Å². The van der Waals surface area contributed by atoms with Crippen molar-refractivity contribution in [2.75, 3.05) is 18.4 Å². The van der Waals surface area contributed by atoms with Crippen molar-refractivity contribution in [1.29, 1.82) is 0 Å². The van der Waals surface area contributed by atoms with Crippen LogP contribution < -0.4 is 5.32 Å². The minimum atomic E-state index is -0.341. The Kier molecular flexibility index (Phi) is 5.53. The van der Waals surface area contributed by atoms with Crippen molar-refractivity contribution in [3.8, 4) is 11.4 Å². The molecule has 1 saturated heterocycles. The molecule has 1 aliphatic rings. The van der Waals surface area contributed by atoms with E-state index >= 15 is 0 Å². The molecule has 148 valence electrons. The van der Waals surface area contributed by atoms with E-state index in [-0.39, 0.29) is 18.4 Å². The number of carbonyl (C=O) groups excluding carboxylic acids is 2. The van der Waals surface area contributed by atoms with E-state index in [0.29, 0.717) is 22.1 Å². The molecule has 1 N–H and O–H groups in total. The fourth-order valence-corrected chi connectivity index (χ4v) is 3.34. The van der Waals surface area contributed by atoms with Crippen LogP contribution in [0.15, 0.2) is 48.5 Å². The number of likely N-dealkylation sites (tertiary alicyclic amines) is 1. The highest BCUT2D eigenvalue weighted by molar-refractivity contribution is 6.30. The second kappa shape index (κ2) is 8.40. The smallest absolute Gasteiger partial charge is 0.255 e. The SMILES string of the molecule is O=C(Cn1nnc(-c2ccc(Cl)cc2)n1)Nc1ccccc1C(=O)N1CCCC1. The maximum Gasteiger partial charge on any atom is 0.255 e. The van der Waals surface area contributed by atoms with Gasteiger partial charge in [0.1, 0.15) is 6.54 Å². The van der Waals surface area contributed by atoms with E-state index in [9.17, 15) is 9.59 Å². The largest absolute Gasteiger partial charge is 0.339 e. The number of hydrogen-bond acceptors (Lipinski definition) is 5. The van der Waals surface area contributed by atoms with Crippen LogP contribution in [0.1, 0.15) is 23.2 Å². The van der Waals surface area contributed by atoms with Gasteiger partial charge in [-0.3, -0.25) is 9.59 Å². The van der Waals surface area contributed by atoms with Crippen LogP contribution in [0.4, 0.5) is 5.69 Å². The van der Waals surface area contributed by atoms with Crippen LogP contribution >= 0.6 is 11.6 Å². The van der Waals surface area contributed by atoms with Crippen molar-refractivity contribution in [2.24, 2.45) is 0 Å². The Hall–Kier alpha value is -3.26. The van der Waals surface area contributed by atoms with Crippen molar-refractivity contribution in [1.82, 2.24) is 25.1 Å². The summed E-state index contributed by atoms with van der Waals surface area (Å²) in [6, 6.07) is 14.0. The average molecular weight is 411 g/mol. The van der Waals surface area contributed by atoms with Crippen molar-refractivity contribution in [3.05, 3.63) is 59.1 Å². The van der Waals surface area contributed by atoms with Crippen molar-refractivity contribution < 1.29 is 9.59 Å². The fourth-order valence-electron chi connectivity index (χ4n) is 3.21. The van der Waals surface area contributed by atoms with E-state index in [1.165, 1.54) is 4.80 Å². The molecule has 0 saturated carbocycles. The zero-order valence-corrected chi connectivity index (χ0v) is 16.3. The number of anilines is 1. The lowest BCUT2D eigenvalue weighted by Crippen LogP contribution is -2.29. The van der Waals surface area contributed by atoms with Gasteiger partial charge in [0.05, 0.1) is 11.3 Å². The molecule has 2 amide bonds. The summed E-state index contributed by atoms with van der Waals surface area (Å²) in [7, 11) is 0. The van der Waals surface area contributed by atoms with Gasteiger partial charge in [0.25, 0.3) is 5.91 Å². The third-order valence-corrected chi connectivity index (χ3v) is 4.92. The number of tetrazole rings is 1. The van der Waals surface area contributed by atoms with Gasteiger partial charge in [0, 0.05) is 23.7 Å². The van der Waals surface area contributed by atoms with Gasteiger partial charge in [-0.15, -0.1) is 10.2 Å². The molecule has 0 radical (unpaired) electrons. The van der Waals surface area contributed by atoms with Crippen LogP contribution in [0.3, 0.4) is 0 Å². The zero-order chi connectivity index (χ0) is 20.2. The lowest BCUT2D eigenvalue weighted by atomic mass is 10.1. The van der Waals surface area contributed by atoms with E-state index in [2.05, 4.69) is 20.7 Å². The Bertz CT molecular complexity index is 1030. The Morgan fingerprint density at radius 3 is 2.52 bits per heavy atom. The summed E-state index contributed by atoms with van der Waals surface area (Å²) in [6.45, 7) is 1.38. The van der Waals surface area contributed by atoms with E-state index in [0.717, 1.165) is 31.5 Å². The predicted octanol–water partition coefficient (Wildman–Crippen LogP) is 2.87. The lowest BCUT2D eigenvalue weighted by Gasteiger charge is -2.17. The monoisotopic (exact) mass is 410 g/mol. The number of nitrogens with zero attached hydrogens (tertiary/aromatic N) is 5. The molecule has 29 heavy (non-hydrogen) atoms. The van der Waals surface area contributed by atoms with Gasteiger partial charge in [-0.2, -0.15) is 4.80 Å². The maximum absolute atomic E-state index is 12.7. The Morgan fingerprint density at radius 1 is 1.03 bits per heavy atom. The summed E-state index contributed by atoms with van der Waals surface area (Å²) >= 11 is 5.89. The molecule has 1 aromatic heterocycles. The molecule has 0 atom stereocenters. The van der Waals surface area contributed by atoms with Gasteiger partial charge in [0.2, 0.25) is 11.7 Å². The molecule has 2 aromatic carbocycles. The molecular formula is C20H19ClN6O2. The van der Waals surface area contributed by atoms with Crippen LogP contribution in [0, 0.1) is 0 Å². The molecule has 2 heterocycles. The number of halogens is 1. The summed E-state index contributed by atoms with van der Waals surface area (Å²) < 4.78 is 0. The van der Waals surface area contributed by atoms with Gasteiger partial charge in [-0.1, -0.05) is 23.7 Å². The van der Waals surface area contributed by atoms with Crippen molar-refractivity contribution in [2.45, 2.75) is 19.4 Å². The fraction of sp³-hybridized carbons (Fsp3) is 0.250. The van der Waals surface area contributed by atoms with Gasteiger partial charge in [-0.25, -0.2) is 0 Å². The number of benzene rings is 2. The molecule has 0 aliphatic carbocycles. The van der Waals surface area contributed by atoms with Gasteiger partial charge in [0.15, 0.2) is 0 Å². The van der Waals surface area contributed by atoms with E-state index in [4.69, 9.17) is 11.6 Å². The Balaban J connectivity index is 1.44. The first-order chi connectivity index (χ1) is 14.1. The molecule has 0 bridgehead atoms. The molecule has 8 nitrogen and oxygen atoms in total. The molecular weight excluding hydrogens is 392 g/mol. The summed E-state index contributed by atoms with van der Waals surface area (Å²) in [5, 5.41) is 15.5. The minimum absolute atomic E-state index is 0.0673. The number of carbonyl (C=O) groups is 2. The standard InChI is InChI=1S/C20H19ClN6O2/c21-15-9-7-14(8-10-15)19-23-25-27(24-19)13-18(28)22-17-6-2-1-5-16(17)20(29)26-11-3-4-12-26/h1-2,5-10H,3-4,11-13H2,(H,22,28). The van der Waals surface area contributed by atoms with E-state index < -0.39 is 0 Å². The first-order valence-corrected chi connectivity index (χ1v) is 9.70. The number of aromatic nitrogens is 4. The zero-order valence-electron chi connectivity index (χ0n) is 15.6. The number of rotatable bonds is 5. The van der Waals surface area contributed by atoms with Gasteiger partial charge < -0.3 is 10.2 Å². The summed E-state index contributed by atoms with van der Waals surface area (Å²) in [5.74, 6) is -0.00638. The Morgan fingerprint density at radius 2 is 1.76 bits per heavy atom. The molecule has 3 aromatic rings. The second-order valence-corrected chi connectivity index (χ2v) is 7.18. The number of hydrogen-bond donors (Lipinski definition) is 1. The van der Waals surface area contributed by atoms with Crippen molar-refractivity contribution >= 4 is 29.1 Å². The normalized spacial score (nSPS) is 13.5. The maximum atomic E-state index is 12.7. The number of nitrogens with one attached hydrogen (secondary N) is 1. The molecule has 9 heteroatoms. The topological polar surface area (TPSA) is 93.0 Å². The molecule has 0 spiro atoms. The molecule has 4 rings (SSSR count). The summed E-state index contributed by atoms with van der Waals surface area (Å²) in [4.78, 5) is 28.2. The third kappa shape index (κ3) is 4.43. The van der Waals surface area contributed by atoms with Crippen molar-refractivity contribution in [3.63, 3.8) is 0 Å². The average Bonchev–Trinajstić information content (AvgIpc) is 3.41. The molecule has 0 unspecified atom stereocenters. The first-order valence-electron chi connectivity index (χ1n) is 9.32. The number of para-hydroxylation sites is 1. The minimum Gasteiger partial charge on any atom is -0.339 e. The van der Waals surface area contributed by atoms with Crippen LogP contribution in [0.5, 0.6) is 0 Å². The van der Waals surface area contributed by atoms with Crippen LogP contribution in [0.25, 0.3) is 11.4 Å². The van der Waals surface area contributed by atoms with Crippen LogP contribution in [-0.2, 0) is 11.3 Å². The summed E-state index contributed by atoms with van der Waals surface area (Å²) in [6.07, 6.45) is 2.02. The first kappa shape index (κ1) is 19.1. The third-order valence-electron chi connectivity index (χ3n) is 4.67. The highest BCUT2D eigenvalue weighted by Gasteiger charge is 2.22. The van der Waals surface area contributed by atoms with Gasteiger partial charge >= 0.3 is 0 Å². The second-order valence-electron chi connectivity index (χ2n) is 6.74.